The van der Waals surface area contributed by atoms with Gasteiger partial charge < -0.3 is 9.84 Å². The van der Waals surface area contributed by atoms with Crippen LogP contribution in [0.2, 0.25) is 5.02 Å². The molecule has 2 aromatic rings. The van der Waals surface area contributed by atoms with Gasteiger partial charge in [0, 0.05) is 11.1 Å². The first-order valence-electron chi connectivity index (χ1n) is 5.45. The third kappa shape index (κ3) is 2.85. The Hall–Kier alpha value is -2.07. The Labute approximate surface area is 114 Å². The Morgan fingerprint density at radius 2 is 2.00 bits per heavy atom. The third-order valence-electron chi connectivity index (χ3n) is 2.55. The zero-order valence-corrected chi connectivity index (χ0v) is 10.7. The second-order valence-electron chi connectivity index (χ2n) is 3.93. The second kappa shape index (κ2) is 5.28. The van der Waals surface area contributed by atoms with Gasteiger partial charge in [-0.2, -0.15) is 0 Å². The van der Waals surface area contributed by atoms with Crippen molar-refractivity contribution in [1.29, 1.82) is 0 Å². The highest BCUT2D eigenvalue weighted by Gasteiger charge is 2.15. The number of carboxylic acids is 1. The molecule has 3 nitrogen and oxygen atoms in total. The molecule has 0 bridgehead atoms. The molecule has 5 heteroatoms. The van der Waals surface area contributed by atoms with Gasteiger partial charge in [0.1, 0.15) is 11.3 Å². The van der Waals surface area contributed by atoms with E-state index in [9.17, 15) is 9.18 Å². The minimum atomic E-state index is -1.17. The summed E-state index contributed by atoms with van der Waals surface area (Å²) >= 11 is 5.79. The van der Waals surface area contributed by atoms with Gasteiger partial charge in [-0.15, -0.1) is 0 Å². The number of rotatable bonds is 3. The topological polar surface area (TPSA) is 46.5 Å². The van der Waals surface area contributed by atoms with Crippen LogP contribution in [0.25, 0.3) is 0 Å². The normalized spacial score (nSPS) is 10.3. The van der Waals surface area contributed by atoms with Gasteiger partial charge in [0.15, 0.2) is 11.6 Å². The predicted molar refractivity (Wildman–Crippen MR) is 69.6 cm³/mol. The SMILES string of the molecule is Cc1cccc(Oc2cc(Cl)ccc2C(=O)O)c1F. The van der Waals surface area contributed by atoms with E-state index in [2.05, 4.69) is 0 Å². The van der Waals surface area contributed by atoms with Gasteiger partial charge in [0.05, 0.1) is 0 Å². The van der Waals surface area contributed by atoms with Crippen LogP contribution in [0.3, 0.4) is 0 Å². The third-order valence-corrected chi connectivity index (χ3v) is 2.79. The maximum atomic E-state index is 13.8. The molecule has 0 fully saturated rings. The molecule has 0 unspecified atom stereocenters. The van der Waals surface area contributed by atoms with Gasteiger partial charge in [-0.1, -0.05) is 23.7 Å². The molecule has 2 rings (SSSR count). The maximum absolute atomic E-state index is 13.8. The van der Waals surface area contributed by atoms with Crippen LogP contribution in [0.15, 0.2) is 36.4 Å². The van der Waals surface area contributed by atoms with Gasteiger partial charge in [-0.25, -0.2) is 9.18 Å². The molecule has 0 radical (unpaired) electrons. The van der Waals surface area contributed by atoms with Crippen LogP contribution in [-0.4, -0.2) is 11.1 Å². The Bertz CT molecular complexity index is 641. The molecule has 0 saturated carbocycles. The fourth-order valence-electron chi connectivity index (χ4n) is 1.58. The molecular formula is C14H10ClFO3. The van der Waals surface area contributed by atoms with E-state index in [-0.39, 0.29) is 17.1 Å². The van der Waals surface area contributed by atoms with Crippen molar-refractivity contribution in [2.45, 2.75) is 6.92 Å². The largest absolute Gasteiger partial charge is 0.478 e. The van der Waals surface area contributed by atoms with Crippen molar-refractivity contribution in [2.75, 3.05) is 0 Å². The summed E-state index contributed by atoms with van der Waals surface area (Å²) < 4.78 is 19.1. The zero-order chi connectivity index (χ0) is 14.0. The molecule has 0 aliphatic carbocycles. The van der Waals surface area contributed by atoms with Crippen molar-refractivity contribution in [3.63, 3.8) is 0 Å². The number of aryl methyl sites for hydroxylation is 1. The van der Waals surface area contributed by atoms with E-state index in [1.54, 1.807) is 19.1 Å². The smallest absolute Gasteiger partial charge is 0.339 e. The summed E-state index contributed by atoms with van der Waals surface area (Å²) in [6.07, 6.45) is 0. The predicted octanol–water partition coefficient (Wildman–Crippen LogP) is 4.28. The first-order chi connectivity index (χ1) is 8.99. The van der Waals surface area contributed by atoms with E-state index in [4.69, 9.17) is 21.4 Å². The second-order valence-corrected chi connectivity index (χ2v) is 4.37. The molecule has 0 aliphatic rings. The van der Waals surface area contributed by atoms with Crippen LogP contribution < -0.4 is 4.74 Å². The molecule has 98 valence electrons. The van der Waals surface area contributed by atoms with Gasteiger partial charge in [-0.3, -0.25) is 0 Å². The highest BCUT2D eigenvalue weighted by molar-refractivity contribution is 6.30. The summed E-state index contributed by atoms with van der Waals surface area (Å²) in [5.74, 6) is -1.73. The molecule has 0 aromatic heterocycles. The van der Waals surface area contributed by atoms with Gasteiger partial charge in [0.2, 0.25) is 0 Å². The minimum absolute atomic E-state index is 0.00417. The van der Waals surface area contributed by atoms with Crippen LogP contribution in [0.4, 0.5) is 4.39 Å². The Morgan fingerprint density at radius 1 is 1.26 bits per heavy atom. The highest BCUT2D eigenvalue weighted by Crippen LogP contribution is 2.30. The Balaban J connectivity index is 2.45. The summed E-state index contributed by atoms with van der Waals surface area (Å²) in [6, 6.07) is 8.73. The van der Waals surface area contributed by atoms with Crippen LogP contribution in [0.5, 0.6) is 11.5 Å². The molecule has 0 heterocycles. The average Bonchev–Trinajstić information content (AvgIpc) is 2.35. The lowest BCUT2D eigenvalue weighted by Gasteiger charge is -2.10. The number of carboxylic acid groups (broad SMARTS) is 1. The van der Waals surface area contributed by atoms with Crippen LogP contribution in [0.1, 0.15) is 15.9 Å². The highest BCUT2D eigenvalue weighted by atomic mass is 35.5. The standard InChI is InChI=1S/C14H10ClFO3/c1-8-3-2-4-11(13(8)16)19-12-7-9(15)5-6-10(12)14(17)18/h2-7H,1H3,(H,17,18). The number of hydrogen-bond acceptors (Lipinski definition) is 2. The Morgan fingerprint density at radius 3 is 2.68 bits per heavy atom. The van der Waals surface area contributed by atoms with Crippen molar-refractivity contribution >= 4 is 17.6 Å². The number of carbonyl (C=O) groups is 1. The van der Waals surface area contributed by atoms with Crippen molar-refractivity contribution in [3.05, 3.63) is 58.4 Å². The number of ether oxygens (including phenoxy) is 1. The first-order valence-corrected chi connectivity index (χ1v) is 5.82. The molecular weight excluding hydrogens is 271 g/mol. The monoisotopic (exact) mass is 280 g/mol. The van der Waals surface area contributed by atoms with Gasteiger partial charge in [0.25, 0.3) is 0 Å². The van der Waals surface area contributed by atoms with E-state index < -0.39 is 11.8 Å². The van der Waals surface area contributed by atoms with E-state index in [1.165, 1.54) is 24.3 Å². The van der Waals surface area contributed by atoms with E-state index in [1.807, 2.05) is 0 Å². The zero-order valence-electron chi connectivity index (χ0n) is 9.98. The summed E-state index contributed by atoms with van der Waals surface area (Å²) in [4.78, 5) is 11.1. The Kier molecular flexibility index (Phi) is 3.71. The van der Waals surface area contributed by atoms with Gasteiger partial charge in [-0.05, 0) is 30.7 Å². The fraction of sp³-hybridized carbons (Fsp3) is 0.0714. The number of aromatic carboxylic acids is 1. The molecule has 0 aliphatic heterocycles. The van der Waals surface area contributed by atoms with Crippen LogP contribution in [-0.2, 0) is 0 Å². The van der Waals surface area contributed by atoms with Crippen molar-refractivity contribution < 1.29 is 19.0 Å². The number of halogens is 2. The average molecular weight is 281 g/mol. The summed E-state index contributed by atoms with van der Waals surface area (Å²) in [7, 11) is 0. The molecule has 1 N–H and O–H groups in total. The minimum Gasteiger partial charge on any atom is -0.478 e. The van der Waals surface area contributed by atoms with E-state index in [0.717, 1.165) is 0 Å². The maximum Gasteiger partial charge on any atom is 0.339 e. The first kappa shape index (κ1) is 13.4. The summed E-state index contributed by atoms with van der Waals surface area (Å²) in [5, 5.41) is 9.35. The van der Waals surface area contributed by atoms with E-state index >= 15 is 0 Å². The van der Waals surface area contributed by atoms with Crippen LogP contribution >= 0.6 is 11.6 Å². The molecule has 0 spiro atoms. The number of benzene rings is 2. The molecule has 0 atom stereocenters. The summed E-state index contributed by atoms with van der Waals surface area (Å²) in [6.45, 7) is 1.60. The van der Waals surface area contributed by atoms with Crippen molar-refractivity contribution in [3.8, 4) is 11.5 Å². The quantitative estimate of drug-likeness (QED) is 0.913. The van der Waals surface area contributed by atoms with Crippen molar-refractivity contribution in [2.24, 2.45) is 0 Å². The lowest BCUT2D eigenvalue weighted by Crippen LogP contribution is -2.01. The molecule has 0 saturated heterocycles. The molecule has 2 aromatic carbocycles. The van der Waals surface area contributed by atoms with E-state index in [0.29, 0.717) is 10.6 Å². The van der Waals surface area contributed by atoms with Crippen LogP contribution in [0, 0.1) is 12.7 Å². The van der Waals surface area contributed by atoms with Gasteiger partial charge >= 0.3 is 5.97 Å². The molecule has 0 amide bonds. The lowest BCUT2D eigenvalue weighted by atomic mass is 10.2. The fourth-order valence-corrected chi connectivity index (χ4v) is 1.74. The number of hydrogen-bond donors (Lipinski definition) is 1. The molecule has 19 heavy (non-hydrogen) atoms. The lowest BCUT2D eigenvalue weighted by molar-refractivity contribution is 0.0694. The summed E-state index contributed by atoms with van der Waals surface area (Å²) in [5.41, 5.74) is 0.335. The van der Waals surface area contributed by atoms with Crippen molar-refractivity contribution in [1.82, 2.24) is 0 Å².